The number of carbonyl (C=O) groups excluding carboxylic acids is 1. The number of hydrogen-bond acceptors (Lipinski definition) is 5. The number of aromatic nitrogens is 1. The van der Waals surface area contributed by atoms with Crippen LogP contribution in [0.3, 0.4) is 0 Å². The number of aliphatic hydroxyl groups is 2. The summed E-state index contributed by atoms with van der Waals surface area (Å²) in [5.41, 5.74) is 2.28. The summed E-state index contributed by atoms with van der Waals surface area (Å²) in [6.07, 6.45) is -0.0921. The average Bonchev–Trinajstić information content (AvgIpc) is 2.58. The number of β-amino-alcohol motifs (C(OH)–C–C–N with tert-alkyl or cyclic N) is 1. The van der Waals surface area contributed by atoms with E-state index in [1.54, 1.807) is 23.6 Å². The minimum atomic E-state index is -1.10. The fourth-order valence-corrected chi connectivity index (χ4v) is 4.11. The first-order valence-electron chi connectivity index (χ1n) is 8.95. The summed E-state index contributed by atoms with van der Waals surface area (Å²) in [6.45, 7) is 6.46. The Hall–Kier alpha value is -1.63. The molecule has 0 aliphatic carbocycles. The van der Waals surface area contributed by atoms with Gasteiger partial charge >= 0.3 is 0 Å². The summed E-state index contributed by atoms with van der Waals surface area (Å²) < 4.78 is 0. The fraction of sp³-hybridized carbons (Fsp3) is 0.500. The number of pyridine rings is 1. The molecule has 0 unspecified atom stereocenters. The van der Waals surface area contributed by atoms with Crippen LogP contribution in [-0.2, 0) is 4.79 Å². The number of piperidine rings is 1. The Bertz CT molecular complexity index is 822. The van der Waals surface area contributed by atoms with Crippen molar-refractivity contribution in [3.05, 3.63) is 35.4 Å². The lowest BCUT2D eigenvalue weighted by Gasteiger charge is -2.39. The van der Waals surface area contributed by atoms with Gasteiger partial charge in [-0.05, 0) is 51.0 Å². The molecule has 1 fully saturated rings. The Morgan fingerprint density at radius 3 is 2.88 bits per heavy atom. The van der Waals surface area contributed by atoms with Crippen LogP contribution < -0.4 is 0 Å². The summed E-state index contributed by atoms with van der Waals surface area (Å²) in [6, 6.07) is 8.31. The summed E-state index contributed by atoms with van der Waals surface area (Å²) in [7, 11) is 0. The molecule has 26 heavy (non-hydrogen) atoms. The minimum Gasteiger partial charge on any atom is -0.388 e. The molecule has 6 heteroatoms. The minimum absolute atomic E-state index is 0.0141. The Morgan fingerprint density at radius 1 is 1.38 bits per heavy atom. The first kappa shape index (κ1) is 19.1. The molecule has 5 nitrogen and oxygen atoms in total. The van der Waals surface area contributed by atoms with Crippen molar-refractivity contribution in [2.75, 3.05) is 18.8 Å². The van der Waals surface area contributed by atoms with Crippen LogP contribution in [0.25, 0.3) is 10.9 Å². The van der Waals surface area contributed by atoms with E-state index in [-0.39, 0.29) is 12.5 Å². The highest BCUT2D eigenvalue weighted by atomic mass is 32.2. The van der Waals surface area contributed by atoms with Gasteiger partial charge < -0.3 is 15.1 Å². The highest BCUT2D eigenvalue weighted by molar-refractivity contribution is 7.99. The van der Waals surface area contributed by atoms with Crippen LogP contribution in [0.2, 0.25) is 0 Å². The van der Waals surface area contributed by atoms with Crippen LogP contribution in [0, 0.1) is 13.8 Å². The molecule has 2 heterocycles. The van der Waals surface area contributed by atoms with E-state index in [1.165, 1.54) is 16.5 Å². The molecular formula is C20H26N2O3S. The van der Waals surface area contributed by atoms with Gasteiger partial charge in [-0.3, -0.25) is 4.79 Å². The molecule has 0 saturated carbocycles. The van der Waals surface area contributed by atoms with Gasteiger partial charge in [0.15, 0.2) is 0 Å². The van der Waals surface area contributed by atoms with Crippen LogP contribution in [0.15, 0.2) is 29.3 Å². The van der Waals surface area contributed by atoms with Gasteiger partial charge in [-0.1, -0.05) is 11.6 Å². The van der Waals surface area contributed by atoms with Crippen molar-refractivity contribution in [1.29, 1.82) is 0 Å². The fourth-order valence-electron chi connectivity index (χ4n) is 3.20. The van der Waals surface area contributed by atoms with Crippen molar-refractivity contribution in [1.82, 2.24) is 9.88 Å². The number of fused-ring (bicyclic) bond motifs is 1. The zero-order valence-corrected chi connectivity index (χ0v) is 16.3. The topological polar surface area (TPSA) is 73.7 Å². The van der Waals surface area contributed by atoms with Crippen molar-refractivity contribution < 1.29 is 15.0 Å². The predicted octanol–water partition coefficient (Wildman–Crippen LogP) is 2.68. The zero-order chi connectivity index (χ0) is 18.9. The third-order valence-electron chi connectivity index (χ3n) is 5.07. The van der Waals surface area contributed by atoms with Gasteiger partial charge in [0.05, 0.1) is 22.2 Å². The van der Waals surface area contributed by atoms with Gasteiger partial charge in [-0.2, -0.15) is 0 Å². The standard InChI is InChI=1S/C20H26N2O3S/c1-13-4-5-16-15(10-13)14(2)11-18(21-16)26-9-6-19(24)22-8-7-20(3,25)17(23)12-22/h4-5,10-11,17,23,25H,6-9,12H2,1-3H3/t17-,20+/m1/s1. The molecule has 140 valence electrons. The average molecular weight is 375 g/mol. The third-order valence-corrected chi connectivity index (χ3v) is 5.98. The third kappa shape index (κ3) is 4.19. The molecule has 1 aliphatic rings. The zero-order valence-electron chi connectivity index (χ0n) is 15.5. The maximum Gasteiger partial charge on any atom is 0.223 e. The summed E-state index contributed by atoms with van der Waals surface area (Å²) in [4.78, 5) is 18.7. The number of rotatable bonds is 4. The normalized spacial score (nSPS) is 23.4. The molecule has 2 aromatic rings. The van der Waals surface area contributed by atoms with Gasteiger partial charge in [0.2, 0.25) is 5.91 Å². The highest BCUT2D eigenvalue weighted by Gasteiger charge is 2.37. The van der Waals surface area contributed by atoms with E-state index in [4.69, 9.17) is 0 Å². The van der Waals surface area contributed by atoms with Crippen molar-refractivity contribution in [3.8, 4) is 0 Å². The predicted molar refractivity (Wildman–Crippen MR) is 104 cm³/mol. The van der Waals surface area contributed by atoms with Crippen LogP contribution in [0.1, 0.15) is 30.9 Å². The lowest BCUT2D eigenvalue weighted by Crippen LogP contribution is -2.55. The first-order valence-corrected chi connectivity index (χ1v) is 9.94. The summed E-state index contributed by atoms with van der Waals surface area (Å²) in [5, 5.41) is 22.0. The van der Waals surface area contributed by atoms with Crippen LogP contribution in [-0.4, -0.2) is 56.6 Å². The number of carbonyl (C=O) groups is 1. The van der Waals surface area contributed by atoms with Crippen molar-refractivity contribution in [2.24, 2.45) is 0 Å². The van der Waals surface area contributed by atoms with Gasteiger partial charge in [-0.15, -0.1) is 11.8 Å². The molecule has 0 radical (unpaired) electrons. The number of likely N-dealkylation sites (tertiary alicyclic amines) is 1. The summed E-state index contributed by atoms with van der Waals surface area (Å²) in [5.74, 6) is 0.659. The number of benzene rings is 1. The Kier molecular flexibility index (Phi) is 5.55. The molecule has 1 aromatic heterocycles. The van der Waals surface area contributed by atoms with Crippen molar-refractivity contribution >= 4 is 28.6 Å². The summed E-state index contributed by atoms with van der Waals surface area (Å²) >= 11 is 1.58. The smallest absolute Gasteiger partial charge is 0.223 e. The van der Waals surface area contributed by atoms with Crippen LogP contribution >= 0.6 is 11.8 Å². The van der Waals surface area contributed by atoms with Crippen molar-refractivity contribution in [3.63, 3.8) is 0 Å². The molecule has 0 bridgehead atoms. The molecular weight excluding hydrogens is 348 g/mol. The molecule has 2 N–H and O–H groups in total. The monoisotopic (exact) mass is 374 g/mol. The Balaban J connectivity index is 1.57. The number of aryl methyl sites for hydroxylation is 2. The maximum atomic E-state index is 12.4. The Labute approximate surface area is 158 Å². The van der Waals surface area contributed by atoms with Crippen LogP contribution in [0.5, 0.6) is 0 Å². The number of nitrogens with zero attached hydrogens (tertiary/aromatic N) is 2. The van der Waals surface area contributed by atoms with E-state index in [1.807, 2.05) is 6.07 Å². The molecule has 0 spiro atoms. The van der Waals surface area contributed by atoms with E-state index >= 15 is 0 Å². The van der Waals surface area contributed by atoms with E-state index in [9.17, 15) is 15.0 Å². The van der Waals surface area contributed by atoms with E-state index in [0.29, 0.717) is 25.1 Å². The second-order valence-electron chi connectivity index (χ2n) is 7.36. The SMILES string of the molecule is Cc1ccc2nc(SCCC(=O)N3CC[C@](C)(O)[C@H](O)C3)cc(C)c2c1. The van der Waals surface area contributed by atoms with Gasteiger partial charge in [0, 0.05) is 30.6 Å². The molecule has 1 aromatic carbocycles. The second kappa shape index (κ2) is 7.55. The molecule has 1 amide bonds. The molecule has 1 aliphatic heterocycles. The van der Waals surface area contributed by atoms with Crippen LogP contribution in [0.4, 0.5) is 0 Å². The number of aliphatic hydroxyl groups excluding tert-OH is 1. The number of hydrogen-bond donors (Lipinski definition) is 2. The molecule has 1 saturated heterocycles. The highest BCUT2D eigenvalue weighted by Crippen LogP contribution is 2.26. The van der Waals surface area contributed by atoms with Gasteiger partial charge in [0.1, 0.15) is 0 Å². The van der Waals surface area contributed by atoms with E-state index in [2.05, 4.69) is 37.0 Å². The number of thioether (sulfide) groups is 1. The van der Waals surface area contributed by atoms with E-state index in [0.717, 1.165) is 10.5 Å². The molecule has 3 rings (SSSR count). The van der Waals surface area contributed by atoms with Crippen molar-refractivity contribution in [2.45, 2.75) is 50.3 Å². The number of amides is 1. The van der Waals surface area contributed by atoms with Gasteiger partial charge in [0.25, 0.3) is 0 Å². The lowest BCUT2D eigenvalue weighted by atomic mass is 9.91. The maximum absolute atomic E-state index is 12.4. The lowest BCUT2D eigenvalue weighted by molar-refractivity contribution is -0.145. The Morgan fingerprint density at radius 2 is 2.15 bits per heavy atom. The largest absolute Gasteiger partial charge is 0.388 e. The van der Waals surface area contributed by atoms with Gasteiger partial charge in [-0.25, -0.2) is 4.98 Å². The quantitative estimate of drug-likeness (QED) is 0.805. The molecule has 2 atom stereocenters. The van der Waals surface area contributed by atoms with E-state index < -0.39 is 11.7 Å². The second-order valence-corrected chi connectivity index (χ2v) is 8.47. The first-order chi connectivity index (χ1) is 12.3.